The second-order valence-electron chi connectivity index (χ2n) is 13.3. The Morgan fingerprint density at radius 3 is 1.13 bits per heavy atom. The Morgan fingerprint density at radius 1 is 0.385 bits per heavy atom. The van der Waals surface area contributed by atoms with Gasteiger partial charge in [-0.3, -0.25) is 0 Å². The van der Waals surface area contributed by atoms with Crippen LogP contribution in [0.4, 0.5) is 28.4 Å². The van der Waals surface area contributed by atoms with Crippen LogP contribution in [0.3, 0.4) is 0 Å². The molecule has 0 radical (unpaired) electrons. The van der Waals surface area contributed by atoms with E-state index in [4.69, 9.17) is 0 Å². The molecule has 0 saturated heterocycles. The molecule has 0 saturated carbocycles. The Balaban J connectivity index is 1.20. The molecule has 0 aliphatic heterocycles. The van der Waals surface area contributed by atoms with Gasteiger partial charge in [0.15, 0.2) is 0 Å². The van der Waals surface area contributed by atoms with Crippen molar-refractivity contribution in [3.63, 3.8) is 0 Å². The number of benzene rings is 7. The standard InChI is InChI=1S/C50H42N2/c1-37-10-26-45(27-11-37)51(46-28-12-38(2)13-29-46)47-34-22-42(23-35-47)19-18-41-20-24-44(25-21-41)50(36-43-8-6-5-7-9-43)52(48-30-14-39(3)15-31-48)49-32-16-40(4)17-33-49/h5-17,20-36H,1-4H3. The van der Waals surface area contributed by atoms with Gasteiger partial charge in [0.2, 0.25) is 0 Å². The van der Waals surface area contributed by atoms with Gasteiger partial charge in [0.05, 0.1) is 5.70 Å². The molecule has 0 aliphatic carbocycles. The van der Waals surface area contributed by atoms with Crippen LogP contribution >= 0.6 is 0 Å². The summed E-state index contributed by atoms with van der Waals surface area (Å²) < 4.78 is 0. The van der Waals surface area contributed by atoms with Crippen molar-refractivity contribution < 1.29 is 0 Å². The van der Waals surface area contributed by atoms with E-state index < -0.39 is 0 Å². The van der Waals surface area contributed by atoms with Crippen LogP contribution in [0.25, 0.3) is 11.8 Å². The Hall–Kier alpha value is -6.56. The average molecular weight is 671 g/mol. The van der Waals surface area contributed by atoms with Gasteiger partial charge < -0.3 is 9.80 Å². The van der Waals surface area contributed by atoms with E-state index in [-0.39, 0.29) is 0 Å². The first-order valence-electron chi connectivity index (χ1n) is 17.8. The molecule has 252 valence electrons. The van der Waals surface area contributed by atoms with E-state index >= 15 is 0 Å². The largest absolute Gasteiger partial charge is 0.311 e. The third-order valence-corrected chi connectivity index (χ3v) is 9.17. The van der Waals surface area contributed by atoms with Crippen LogP contribution in [0.15, 0.2) is 176 Å². The lowest BCUT2D eigenvalue weighted by Gasteiger charge is -2.29. The molecule has 0 N–H and O–H groups in total. The summed E-state index contributed by atoms with van der Waals surface area (Å²) >= 11 is 0. The summed E-state index contributed by atoms with van der Waals surface area (Å²) in [4.78, 5) is 4.62. The molecule has 52 heavy (non-hydrogen) atoms. The molecular formula is C50H42N2. The predicted molar refractivity (Wildman–Crippen MR) is 222 cm³/mol. The van der Waals surface area contributed by atoms with E-state index in [0.29, 0.717) is 0 Å². The molecule has 0 amide bonds. The molecule has 7 rings (SSSR count). The Morgan fingerprint density at radius 2 is 0.731 bits per heavy atom. The van der Waals surface area contributed by atoms with Gasteiger partial charge in [0.1, 0.15) is 0 Å². The average Bonchev–Trinajstić information content (AvgIpc) is 3.18. The lowest BCUT2D eigenvalue weighted by Crippen LogP contribution is -2.15. The van der Waals surface area contributed by atoms with Gasteiger partial charge in [-0.1, -0.05) is 125 Å². The highest BCUT2D eigenvalue weighted by Crippen LogP contribution is 2.37. The zero-order chi connectivity index (χ0) is 35.9. The number of hydrogen-bond donors (Lipinski definition) is 0. The van der Waals surface area contributed by atoms with Gasteiger partial charge in [0, 0.05) is 39.6 Å². The zero-order valence-corrected chi connectivity index (χ0v) is 30.2. The van der Waals surface area contributed by atoms with Gasteiger partial charge in [0.25, 0.3) is 0 Å². The topological polar surface area (TPSA) is 6.48 Å². The first-order valence-corrected chi connectivity index (χ1v) is 17.8. The van der Waals surface area contributed by atoms with Crippen molar-refractivity contribution in [2.45, 2.75) is 27.7 Å². The molecule has 0 heterocycles. The predicted octanol–water partition coefficient (Wildman–Crippen LogP) is 13.1. The third-order valence-electron chi connectivity index (χ3n) is 9.17. The molecule has 2 nitrogen and oxygen atoms in total. The minimum absolute atomic E-state index is 0.963. The summed E-state index contributed by atoms with van der Waals surface area (Å²) in [5.41, 5.74) is 15.7. The highest BCUT2D eigenvalue weighted by Gasteiger charge is 2.17. The number of hydrogen-bond acceptors (Lipinski definition) is 2. The van der Waals surface area contributed by atoms with Crippen LogP contribution in [0.5, 0.6) is 0 Å². The molecule has 7 aromatic rings. The van der Waals surface area contributed by atoms with Gasteiger partial charge in [-0.15, -0.1) is 0 Å². The van der Waals surface area contributed by atoms with Crippen molar-refractivity contribution in [2.75, 3.05) is 9.80 Å². The van der Waals surface area contributed by atoms with Crippen molar-refractivity contribution >= 4 is 40.2 Å². The maximum atomic E-state index is 3.41. The minimum atomic E-state index is 0.963. The maximum absolute atomic E-state index is 3.41. The molecule has 0 fully saturated rings. The van der Waals surface area contributed by atoms with Crippen molar-refractivity contribution in [1.29, 1.82) is 0 Å². The number of aryl methyl sites for hydroxylation is 4. The van der Waals surface area contributed by atoms with Gasteiger partial charge in [-0.2, -0.15) is 0 Å². The number of nitrogens with zero attached hydrogens (tertiary/aromatic N) is 2. The van der Waals surface area contributed by atoms with Gasteiger partial charge >= 0.3 is 0 Å². The molecule has 0 unspecified atom stereocenters. The fourth-order valence-electron chi connectivity index (χ4n) is 6.20. The van der Waals surface area contributed by atoms with Crippen LogP contribution in [0.2, 0.25) is 0 Å². The second-order valence-corrected chi connectivity index (χ2v) is 13.3. The third kappa shape index (κ3) is 8.07. The summed E-state index contributed by atoms with van der Waals surface area (Å²) in [6.45, 7) is 8.49. The second kappa shape index (κ2) is 15.5. The van der Waals surface area contributed by atoms with E-state index in [2.05, 4.69) is 231 Å². The fourth-order valence-corrected chi connectivity index (χ4v) is 6.20. The Labute approximate surface area is 309 Å². The Kier molecular flexibility index (Phi) is 10.1. The van der Waals surface area contributed by atoms with Gasteiger partial charge in [-0.05, 0) is 130 Å². The molecular weight excluding hydrogens is 629 g/mol. The monoisotopic (exact) mass is 670 g/mol. The first-order chi connectivity index (χ1) is 25.4. The van der Waals surface area contributed by atoms with Crippen molar-refractivity contribution in [2.24, 2.45) is 0 Å². The lowest BCUT2D eigenvalue weighted by atomic mass is 10.0. The summed E-state index contributed by atoms with van der Waals surface area (Å²) in [7, 11) is 0. The molecule has 7 aromatic carbocycles. The normalized spacial score (nSPS) is 11.0. The van der Waals surface area contributed by atoms with Gasteiger partial charge in [-0.25, -0.2) is 0 Å². The van der Waals surface area contributed by atoms with Crippen LogP contribution in [0.1, 0.15) is 44.5 Å². The fraction of sp³-hybridized carbons (Fsp3) is 0.0800. The van der Waals surface area contributed by atoms with Crippen LogP contribution in [0, 0.1) is 39.5 Å². The molecule has 0 atom stereocenters. The van der Waals surface area contributed by atoms with Crippen LogP contribution in [-0.4, -0.2) is 0 Å². The van der Waals surface area contributed by atoms with E-state index in [0.717, 1.165) is 56.4 Å². The summed E-state index contributed by atoms with van der Waals surface area (Å²) in [5, 5.41) is 0. The SMILES string of the molecule is Cc1ccc(N(C(=Cc2ccccc2)c2ccc(C#Cc3ccc(N(c4ccc(C)cc4)c4ccc(C)cc4)cc3)cc2)c2ccc(C)cc2)cc1. The number of anilines is 5. The van der Waals surface area contributed by atoms with Crippen LogP contribution in [-0.2, 0) is 0 Å². The highest BCUT2D eigenvalue weighted by molar-refractivity contribution is 5.95. The lowest BCUT2D eigenvalue weighted by molar-refractivity contribution is 1.27. The smallest absolute Gasteiger partial charge is 0.0539 e. The maximum Gasteiger partial charge on any atom is 0.0539 e. The van der Waals surface area contributed by atoms with E-state index in [1.165, 1.54) is 22.3 Å². The molecule has 0 spiro atoms. The highest BCUT2D eigenvalue weighted by atomic mass is 15.2. The minimum Gasteiger partial charge on any atom is -0.311 e. The molecule has 0 bridgehead atoms. The van der Waals surface area contributed by atoms with E-state index in [1.54, 1.807) is 0 Å². The quantitative estimate of drug-likeness (QED) is 0.117. The summed E-state index contributed by atoms with van der Waals surface area (Å²) in [6.07, 6.45) is 2.26. The zero-order valence-electron chi connectivity index (χ0n) is 30.2. The van der Waals surface area contributed by atoms with Crippen molar-refractivity contribution in [3.8, 4) is 11.8 Å². The molecule has 0 aliphatic rings. The van der Waals surface area contributed by atoms with Crippen molar-refractivity contribution in [1.82, 2.24) is 0 Å². The summed E-state index contributed by atoms with van der Waals surface area (Å²) in [6, 6.07) is 62.4. The van der Waals surface area contributed by atoms with Crippen molar-refractivity contribution in [3.05, 3.63) is 220 Å². The Bertz CT molecular complexity index is 2230. The number of rotatable bonds is 8. The first kappa shape index (κ1) is 33.9. The van der Waals surface area contributed by atoms with E-state index in [1.807, 2.05) is 0 Å². The van der Waals surface area contributed by atoms with E-state index in [9.17, 15) is 0 Å². The summed E-state index contributed by atoms with van der Waals surface area (Å²) in [5.74, 6) is 6.81. The molecule has 0 aromatic heterocycles. The van der Waals surface area contributed by atoms with Crippen LogP contribution < -0.4 is 9.80 Å². The molecule has 2 heteroatoms.